The molecule has 23 heavy (non-hydrogen) atoms. The van der Waals surface area contributed by atoms with Crippen LogP contribution in [-0.4, -0.2) is 54.4 Å². The first-order valence-corrected chi connectivity index (χ1v) is 7.47. The zero-order valence-electron chi connectivity index (χ0n) is 12.9. The Morgan fingerprint density at radius 1 is 1.39 bits per heavy atom. The van der Waals surface area contributed by atoms with Gasteiger partial charge in [0, 0.05) is 31.7 Å². The van der Waals surface area contributed by atoms with Crippen molar-refractivity contribution in [1.29, 1.82) is 0 Å². The molecule has 0 aliphatic carbocycles. The maximum Gasteiger partial charge on any atom is 0.317 e. The highest BCUT2D eigenvalue weighted by Gasteiger charge is 2.18. The molecule has 0 bridgehead atoms. The maximum absolute atomic E-state index is 11.4. The number of amides is 2. The van der Waals surface area contributed by atoms with Gasteiger partial charge < -0.3 is 24.8 Å². The van der Waals surface area contributed by atoms with Gasteiger partial charge >= 0.3 is 6.03 Å². The second kappa shape index (κ2) is 7.10. The molecule has 8 heteroatoms. The first-order valence-electron chi connectivity index (χ1n) is 7.47. The number of methoxy groups -OCH3 is 1. The lowest BCUT2D eigenvalue weighted by Crippen LogP contribution is -2.34. The minimum atomic E-state index is -0.00798. The molecule has 1 aromatic heterocycles. The Hall–Kier alpha value is -2.61. The van der Waals surface area contributed by atoms with Crippen LogP contribution in [0.1, 0.15) is 5.89 Å². The molecule has 8 nitrogen and oxygen atoms in total. The van der Waals surface area contributed by atoms with Crippen molar-refractivity contribution in [1.82, 2.24) is 25.7 Å². The number of rotatable bonds is 7. The largest absolute Gasteiger partial charge is 0.497 e. The van der Waals surface area contributed by atoms with Gasteiger partial charge in [-0.2, -0.15) is 4.98 Å². The van der Waals surface area contributed by atoms with E-state index in [0.29, 0.717) is 37.9 Å². The molecule has 0 spiro atoms. The van der Waals surface area contributed by atoms with Crippen LogP contribution < -0.4 is 15.4 Å². The van der Waals surface area contributed by atoms with Gasteiger partial charge in [-0.1, -0.05) is 5.16 Å². The van der Waals surface area contributed by atoms with E-state index in [4.69, 9.17) is 9.26 Å². The molecule has 0 radical (unpaired) electrons. The number of urea groups is 1. The first-order chi connectivity index (χ1) is 11.3. The van der Waals surface area contributed by atoms with Crippen LogP contribution in [0.2, 0.25) is 0 Å². The second-order valence-corrected chi connectivity index (χ2v) is 5.14. The minimum Gasteiger partial charge on any atom is -0.497 e. The van der Waals surface area contributed by atoms with Crippen LogP contribution in [0.15, 0.2) is 28.8 Å². The van der Waals surface area contributed by atoms with Gasteiger partial charge in [-0.05, 0) is 24.3 Å². The fourth-order valence-corrected chi connectivity index (χ4v) is 2.32. The van der Waals surface area contributed by atoms with E-state index in [2.05, 4.69) is 20.8 Å². The summed E-state index contributed by atoms with van der Waals surface area (Å²) >= 11 is 0. The Balaban J connectivity index is 1.48. The average molecular weight is 317 g/mol. The number of hydrogen-bond donors (Lipinski definition) is 2. The van der Waals surface area contributed by atoms with Crippen molar-refractivity contribution < 1.29 is 14.1 Å². The minimum absolute atomic E-state index is 0.00798. The number of carbonyl (C=O) groups excluding carboxylic acids is 1. The van der Waals surface area contributed by atoms with Crippen molar-refractivity contribution in [2.45, 2.75) is 6.54 Å². The number of aromatic nitrogens is 2. The highest BCUT2D eigenvalue weighted by atomic mass is 16.5. The maximum atomic E-state index is 11.4. The molecule has 0 unspecified atom stereocenters. The SMILES string of the molecule is COc1ccc(-c2noc(CNCCN3CCNC3=O)n2)cc1. The second-order valence-electron chi connectivity index (χ2n) is 5.14. The normalized spacial score (nSPS) is 14.1. The third-order valence-corrected chi connectivity index (χ3v) is 3.60. The molecule has 2 heterocycles. The predicted molar refractivity (Wildman–Crippen MR) is 83.0 cm³/mol. The molecule has 1 aromatic carbocycles. The molecule has 2 aromatic rings. The number of nitrogens with zero attached hydrogens (tertiary/aromatic N) is 3. The first kappa shape index (κ1) is 15.3. The lowest BCUT2D eigenvalue weighted by molar-refractivity contribution is 0.217. The van der Waals surface area contributed by atoms with Gasteiger partial charge in [0.05, 0.1) is 13.7 Å². The topological polar surface area (TPSA) is 92.5 Å². The quantitative estimate of drug-likeness (QED) is 0.736. The average Bonchev–Trinajstić information content (AvgIpc) is 3.21. The lowest BCUT2D eigenvalue weighted by atomic mass is 10.2. The molecular weight excluding hydrogens is 298 g/mol. The molecule has 2 N–H and O–H groups in total. The van der Waals surface area contributed by atoms with Crippen LogP contribution >= 0.6 is 0 Å². The van der Waals surface area contributed by atoms with Gasteiger partial charge in [0.2, 0.25) is 11.7 Å². The summed E-state index contributed by atoms with van der Waals surface area (Å²) in [6.07, 6.45) is 0. The Morgan fingerprint density at radius 3 is 2.91 bits per heavy atom. The van der Waals surface area contributed by atoms with Crippen LogP contribution in [0.25, 0.3) is 11.4 Å². The van der Waals surface area contributed by atoms with Crippen LogP contribution in [0.3, 0.4) is 0 Å². The summed E-state index contributed by atoms with van der Waals surface area (Å²) in [7, 11) is 1.62. The smallest absolute Gasteiger partial charge is 0.317 e. The van der Waals surface area contributed by atoms with Crippen LogP contribution in [0.4, 0.5) is 4.79 Å². The zero-order valence-corrected chi connectivity index (χ0v) is 12.9. The van der Waals surface area contributed by atoms with Crippen LogP contribution in [0.5, 0.6) is 5.75 Å². The van der Waals surface area contributed by atoms with Crippen molar-refractivity contribution in [2.75, 3.05) is 33.3 Å². The van der Waals surface area contributed by atoms with Gasteiger partial charge in [-0.3, -0.25) is 0 Å². The molecular formula is C15H19N5O3. The highest BCUT2D eigenvalue weighted by molar-refractivity contribution is 5.76. The summed E-state index contributed by atoms with van der Waals surface area (Å²) in [6.45, 7) is 3.27. The third kappa shape index (κ3) is 3.78. The molecule has 2 amide bonds. The van der Waals surface area contributed by atoms with E-state index in [1.54, 1.807) is 12.0 Å². The van der Waals surface area contributed by atoms with Crippen molar-refractivity contribution >= 4 is 6.03 Å². The molecule has 1 saturated heterocycles. The number of hydrogen-bond acceptors (Lipinski definition) is 6. The molecule has 0 saturated carbocycles. The zero-order chi connectivity index (χ0) is 16.1. The Morgan fingerprint density at radius 2 is 2.22 bits per heavy atom. The van der Waals surface area contributed by atoms with E-state index in [-0.39, 0.29) is 6.03 Å². The molecule has 3 rings (SSSR count). The van der Waals surface area contributed by atoms with Crippen LogP contribution in [-0.2, 0) is 6.54 Å². The summed E-state index contributed by atoms with van der Waals surface area (Å²) in [4.78, 5) is 17.5. The molecule has 0 atom stereocenters. The standard InChI is InChI=1S/C15H19N5O3/c1-22-12-4-2-11(3-5-12)14-18-13(23-19-14)10-16-6-8-20-9-7-17-15(20)21/h2-5,16H,6-10H2,1H3,(H,17,21). The van der Waals surface area contributed by atoms with E-state index in [0.717, 1.165) is 17.9 Å². The van der Waals surface area contributed by atoms with Gasteiger partial charge in [0.1, 0.15) is 5.75 Å². The summed E-state index contributed by atoms with van der Waals surface area (Å²) in [6, 6.07) is 7.46. The van der Waals surface area contributed by atoms with Crippen molar-refractivity contribution in [3.05, 3.63) is 30.2 Å². The highest BCUT2D eigenvalue weighted by Crippen LogP contribution is 2.19. The molecule has 1 aliphatic heterocycles. The Kier molecular flexibility index (Phi) is 4.72. The fraction of sp³-hybridized carbons (Fsp3) is 0.400. The van der Waals surface area contributed by atoms with Gasteiger partial charge in [0.25, 0.3) is 0 Å². The third-order valence-electron chi connectivity index (χ3n) is 3.60. The summed E-state index contributed by atoms with van der Waals surface area (Å²) in [5, 5.41) is 9.93. The number of nitrogens with one attached hydrogen (secondary N) is 2. The van der Waals surface area contributed by atoms with E-state index in [1.807, 2.05) is 24.3 Å². The fourth-order valence-electron chi connectivity index (χ4n) is 2.32. The van der Waals surface area contributed by atoms with Crippen molar-refractivity contribution in [3.63, 3.8) is 0 Å². The van der Waals surface area contributed by atoms with Gasteiger partial charge in [0.15, 0.2) is 0 Å². The van der Waals surface area contributed by atoms with Crippen LogP contribution in [0, 0.1) is 0 Å². The number of carbonyl (C=O) groups is 1. The lowest BCUT2D eigenvalue weighted by Gasteiger charge is -2.13. The predicted octanol–water partition coefficient (Wildman–Crippen LogP) is 0.860. The van der Waals surface area contributed by atoms with Gasteiger partial charge in [-0.15, -0.1) is 0 Å². The van der Waals surface area contributed by atoms with E-state index < -0.39 is 0 Å². The van der Waals surface area contributed by atoms with E-state index in [1.165, 1.54) is 0 Å². The Bertz CT molecular complexity index is 655. The monoisotopic (exact) mass is 317 g/mol. The molecule has 1 aliphatic rings. The van der Waals surface area contributed by atoms with Crippen molar-refractivity contribution in [2.24, 2.45) is 0 Å². The Labute approximate surface area is 133 Å². The summed E-state index contributed by atoms with van der Waals surface area (Å²) in [5.74, 6) is 1.84. The van der Waals surface area contributed by atoms with E-state index >= 15 is 0 Å². The van der Waals surface area contributed by atoms with Gasteiger partial charge in [-0.25, -0.2) is 4.79 Å². The van der Waals surface area contributed by atoms with Crippen molar-refractivity contribution in [3.8, 4) is 17.1 Å². The molecule has 122 valence electrons. The summed E-state index contributed by atoms with van der Waals surface area (Å²) < 4.78 is 10.3. The number of benzene rings is 1. The molecule has 1 fully saturated rings. The van der Waals surface area contributed by atoms with E-state index in [9.17, 15) is 4.79 Å². The number of ether oxygens (including phenoxy) is 1. The summed E-state index contributed by atoms with van der Waals surface area (Å²) in [5.41, 5.74) is 0.870.